The molecule has 0 amide bonds. The summed E-state index contributed by atoms with van der Waals surface area (Å²) in [7, 11) is 2.12. The predicted octanol–water partition coefficient (Wildman–Crippen LogP) is 2.33. The van der Waals surface area contributed by atoms with Gasteiger partial charge >= 0.3 is 5.97 Å². The number of aromatic nitrogens is 1. The number of carboxylic acids is 1. The number of carbonyl (C=O) groups is 1. The molecule has 1 fully saturated rings. The highest BCUT2D eigenvalue weighted by atomic mass is 35.5. The van der Waals surface area contributed by atoms with Crippen LogP contribution < -0.4 is 5.32 Å². The summed E-state index contributed by atoms with van der Waals surface area (Å²) < 4.78 is 0. The Labute approximate surface area is 117 Å². The van der Waals surface area contributed by atoms with Gasteiger partial charge in [0.05, 0.1) is 10.6 Å². The van der Waals surface area contributed by atoms with Crippen LogP contribution in [0.15, 0.2) is 12.3 Å². The number of nitrogens with zero attached hydrogens (tertiary/aromatic N) is 2. The molecule has 0 aromatic carbocycles. The van der Waals surface area contributed by atoms with Gasteiger partial charge in [-0.25, -0.2) is 9.78 Å². The van der Waals surface area contributed by atoms with Gasteiger partial charge in [0.15, 0.2) is 0 Å². The van der Waals surface area contributed by atoms with Crippen LogP contribution >= 0.6 is 11.6 Å². The van der Waals surface area contributed by atoms with E-state index in [1.807, 2.05) is 0 Å². The molecule has 0 bridgehead atoms. The van der Waals surface area contributed by atoms with Crippen LogP contribution in [0.2, 0.25) is 5.02 Å². The second-order valence-corrected chi connectivity index (χ2v) is 5.46. The molecule has 2 rings (SSSR count). The van der Waals surface area contributed by atoms with Crippen molar-refractivity contribution in [2.75, 3.05) is 18.9 Å². The second-order valence-electron chi connectivity index (χ2n) is 5.05. The minimum absolute atomic E-state index is 0.104. The molecule has 1 aliphatic rings. The van der Waals surface area contributed by atoms with Crippen LogP contribution in [0, 0.1) is 0 Å². The van der Waals surface area contributed by atoms with Gasteiger partial charge < -0.3 is 15.3 Å². The molecule has 0 radical (unpaired) electrons. The first kappa shape index (κ1) is 14.1. The maximum atomic E-state index is 10.8. The number of anilines is 1. The lowest BCUT2D eigenvalue weighted by molar-refractivity contribution is 0.0696. The zero-order valence-corrected chi connectivity index (χ0v) is 11.8. The summed E-state index contributed by atoms with van der Waals surface area (Å²) in [6.07, 6.45) is 3.38. The minimum atomic E-state index is -1.02. The lowest BCUT2D eigenvalue weighted by Gasteiger charge is -2.35. The smallest absolute Gasteiger partial charge is 0.337 e. The Balaban J connectivity index is 2.05. The highest BCUT2D eigenvalue weighted by Crippen LogP contribution is 2.24. The fraction of sp³-hybridized carbons (Fsp3) is 0.538. The summed E-state index contributed by atoms with van der Waals surface area (Å²) in [5, 5.41) is 12.5. The molecule has 1 aliphatic heterocycles. The fourth-order valence-corrected chi connectivity index (χ4v) is 2.50. The van der Waals surface area contributed by atoms with Crippen molar-refractivity contribution in [3.05, 3.63) is 22.8 Å². The maximum absolute atomic E-state index is 10.8. The highest BCUT2D eigenvalue weighted by molar-refractivity contribution is 6.33. The number of carboxylic acid groups (broad SMARTS) is 1. The van der Waals surface area contributed by atoms with Crippen molar-refractivity contribution >= 4 is 23.4 Å². The number of hydrogen-bond acceptors (Lipinski definition) is 4. The fourth-order valence-electron chi connectivity index (χ4n) is 2.27. The molecule has 104 valence electrons. The summed E-state index contributed by atoms with van der Waals surface area (Å²) in [5.74, 6) is -0.456. The summed E-state index contributed by atoms with van der Waals surface area (Å²) in [6, 6.07) is 2.27. The molecule has 0 saturated carbocycles. The molecule has 1 aromatic rings. The molecule has 5 nitrogen and oxygen atoms in total. The van der Waals surface area contributed by atoms with Gasteiger partial charge in [-0.05, 0) is 32.9 Å². The number of nitrogens with one attached hydrogen (secondary N) is 1. The van der Waals surface area contributed by atoms with Gasteiger partial charge in [-0.1, -0.05) is 11.6 Å². The lowest BCUT2D eigenvalue weighted by atomic mass is 9.99. The molecular weight excluding hydrogens is 266 g/mol. The zero-order valence-electron chi connectivity index (χ0n) is 11.1. The van der Waals surface area contributed by atoms with Crippen LogP contribution in [0.5, 0.6) is 0 Å². The average Bonchev–Trinajstić information content (AvgIpc) is 2.36. The van der Waals surface area contributed by atoms with Crippen LogP contribution in [0.1, 0.15) is 30.1 Å². The zero-order chi connectivity index (χ0) is 14.0. The summed E-state index contributed by atoms with van der Waals surface area (Å²) >= 11 is 6.06. The summed E-state index contributed by atoms with van der Waals surface area (Å²) in [4.78, 5) is 17.2. The van der Waals surface area contributed by atoms with E-state index in [1.165, 1.54) is 12.3 Å². The molecule has 0 aliphatic carbocycles. The number of hydrogen-bond donors (Lipinski definition) is 2. The van der Waals surface area contributed by atoms with Gasteiger partial charge in [-0.3, -0.25) is 0 Å². The number of piperidine rings is 1. The van der Waals surface area contributed by atoms with E-state index in [0.717, 1.165) is 19.4 Å². The molecule has 2 unspecified atom stereocenters. The van der Waals surface area contributed by atoms with Crippen molar-refractivity contribution < 1.29 is 9.90 Å². The minimum Gasteiger partial charge on any atom is -0.478 e. The first-order valence-electron chi connectivity index (χ1n) is 6.33. The lowest BCUT2D eigenvalue weighted by Crippen LogP contribution is -2.42. The van der Waals surface area contributed by atoms with E-state index in [0.29, 0.717) is 22.9 Å². The van der Waals surface area contributed by atoms with Crippen LogP contribution in [-0.2, 0) is 0 Å². The third-order valence-electron chi connectivity index (χ3n) is 3.64. The summed E-state index contributed by atoms with van der Waals surface area (Å²) in [6.45, 7) is 3.22. The van der Waals surface area contributed by atoms with E-state index in [4.69, 9.17) is 16.7 Å². The van der Waals surface area contributed by atoms with Gasteiger partial charge in [0, 0.05) is 24.8 Å². The molecule has 2 atom stereocenters. The third kappa shape index (κ3) is 3.36. The molecular formula is C13H18ClN3O2. The van der Waals surface area contributed by atoms with Crippen LogP contribution in [0.4, 0.5) is 5.82 Å². The van der Waals surface area contributed by atoms with Crippen molar-refractivity contribution in [1.29, 1.82) is 0 Å². The number of pyridine rings is 1. The second kappa shape index (κ2) is 5.75. The van der Waals surface area contributed by atoms with Crippen molar-refractivity contribution in [3.63, 3.8) is 0 Å². The van der Waals surface area contributed by atoms with Gasteiger partial charge in [0.2, 0.25) is 0 Å². The molecule has 2 N–H and O–H groups in total. The molecule has 1 saturated heterocycles. The van der Waals surface area contributed by atoms with Crippen molar-refractivity contribution in [3.8, 4) is 0 Å². The summed E-state index contributed by atoms with van der Waals surface area (Å²) in [5.41, 5.74) is 0.104. The normalized spacial score (nSPS) is 24.2. The highest BCUT2D eigenvalue weighted by Gasteiger charge is 2.23. The van der Waals surface area contributed by atoms with Crippen molar-refractivity contribution in [1.82, 2.24) is 9.88 Å². The SMILES string of the molecule is CC1CC(Nc2ncc(C(=O)O)cc2Cl)CCN1C. The van der Waals surface area contributed by atoms with E-state index in [1.54, 1.807) is 0 Å². The average molecular weight is 284 g/mol. The molecule has 1 aromatic heterocycles. The topological polar surface area (TPSA) is 65.5 Å². The van der Waals surface area contributed by atoms with Gasteiger partial charge in [0.25, 0.3) is 0 Å². The number of aromatic carboxylic acids is 1. The van der Waals surface area contributed by atoms with E-state index in [-0.39, 0.29) is 5.56 Å². The Morgan fingerprint density at radius 1 is 1.63 bits per heavy atom. The Hall–Kier alpha value is -1.33. The van der Waals surface area contributed by atoms with E-state index >= 15 is 0 Å². The quantitative estimate of drug-likeness (QED) is 0.891. The Bertz CT molecular complexity index is 481. The molecule has 2 heterocycles. The third-order valence-corrected chi connectivity index (χ3v) is 3.93. The van der Waals surface area contributed by atoms with E-state index < -0.39 is 5.97 Å². The van der Waals surface area contributed by atoms with Gasteiger partial charge in [-0.15, -0.1) is 0 Å². The monoisotopic (exact) mass is 283 g/mol. The molecule has 19 heavy (non-hydrogen) atoms. The van der Waals surface area contributed by atoms with E-state index in [2.05, 4.69) is 29.2 Å². The number of rotatable bonds is 3. The van der Waals surface area contributed by atoms with Crippen molar-refractivity contribution in [2.24, 2.45) is 0 Å². The standard InChI is InChI=1S/C13H18ClN3O2/c1-8-5-10(3-4-17(8)2)16-12-11(14)6-9(7-15-12)13(18)19/h6-8,10H,3-5H2,1-2H3,(H,15,16)(H,18,19). The molecule has 0 spiro atoms. The van der Waals surface area contributed by atoms with Gasteiger partial charge in [-0.2, -0.15) is 0 Å². The number of likely N-dealkylation sites (tertiary alicyclic amines) is 1. The van der Waals surface area contributed by atoms with Crippen LogP contribution in [0.3, 0.4) is 0 Å². The predicted molar refractivity (Wildman–Crippen MR) is 74.9 cm³/mol. The largest absolute Gasteiger partial charge is 0.478 e. The first-order valence-corrected chi connectivity index (χ1v) is 6.70. The molecule has 6 heteroatoms. The number of halogens is 1. The Morgan fingerprint density at radius 2 is 2.37 bits per heavy atom. The first-order chi connectivity index (χ1) is 8.97. The van der Waals surface area contributed by atoms with Crippen molar-refractivity contribution in [2.45, 2.75) is 31.8 Å². The van der Waals surface area contributed by atoms with Gasteiger partial charge in [0.1, 0.15) is 5.82 Å². The maximum Gasteiger partial charge on any atom is 0.337 e. The van der Waals surface area contributed by atoms with E-state index in [9.17, 15) is 4.79 Å². The van der Waals surface area contributed by atoms with Crippen LogP contribution in [-0.4, -0.2) is 46.6 Å². The Kier molecular flexibility index (Phi) is 4.27. The Morgan fingerprint density at radius 3 is 2.95 bits per heavy atom. The van der Waals surface area contributed by atoms with Crippen LogP contribution in [0.25, 0.3) is 0 Å².